The molecule has 0 fully saturated rings. The van der Waals surface area contributed by atoms with Crippen LogP contribution >= 0.6 is 0 Å². The average molecular weight is 350 g/mol. The van der Waals surface area contributed by atoms with E-state index in [0.717, 1.165) is 31.2 Å². The lowest BCUT2D eigenvalue weighted by atomic mass is 10.0. The highest BCUT2D eigenvalue weighted by Gasteiger charge is 2.17. The van der Waals surface area contributed by atoms with Crippen molar-refractivity contribution < 1.29 is 23.8 Å². The molecule has 0 aliphatic rings. The van der Waals surface area contributed by atoms with E-state index < -0.39 is 0 Å². The molecule has 0 saturated carbocycles. The van der Waals surface area contributed by atoms with Gasteiger partial charge in [0.2, 0.25) is 0 Å². The highest BCUT2D eigenvalue weighted by Crippen LogP contribution is 2.28. The molecule has 1 aromatic rings. The number of benzene rings is 1. The van der Waals surface area contributed by atoms with Gasteiger partial charge in [0, 0.05) is 19.8 Å². The van der Waals surface area contributed by atoms with E-state index in [4.69, 9.17) is 14.2 Å². The van der Waals surface area contributed by atoms with Gasteiger partial charge in [-0.05, 0) is 37.0 Å². The van der Waals surface area contributed by atoms with Gasteiger partial charge in [0.15, 0.2) is 11.5 Å². The molecule has 1 rings (SSSR count). The summed E-state index contributed by atoms with van der Waals surface area (Å²) in [6.07, 6.45) is 4.92. The van der Waals surface area contributed by atoms with Crippen LogP contribution in [0.3, 0.4) is 0 Å². The molecule has 0 unspecified atom stereocenters. The number of rotatable bonds is 12. The van der Waals surface area contributed by atoms with Crippen molar-refractivity contribution in [3.63, 3.8) is 0 Å². The molecule has 5 nitrogen and oxygen atoms in total. The molecule has 0 amide bonds. The molecule has 0 aliphatic heterocycles. The fourth-order valence-electron chi connectivity index (χ4n) is 2.74. The van der Waals surface area contributed by atoms with E-state index in [0.29, 0.717) is 24.3 Å². The van der Waals surface area contributed by atoms with Crippen LogP contribution in [0.2, 0.25) is 0 Å². The Morgan fingerprint density at radius 3 is 2.40 bits per heavy atom. The molecule has 25 heavy (non-hydrogen) atoms. The molecule has 0 radical (unpaired) electrons. The maximum Gasteiger partial charge on any atom is 0.302 e. The second-order valence-electron chi connectivity index (χ2n) is 6.16. The fourth-order valence-corrected chi connectivity index (χ4v) is 2.74. The first-order chi connectivity index (χ1) is 12.0. The zero-order valence-corrected chi connectivity index (χ0v) is 15.8. The molecule has 0 heterocycles. The lowest BCUT2D eigenvalue weighted by Gasteiger charge is -2.16. The highest BCUT2D eigenvalue weighted by atomic mass is 16.5. The molecule has 1 atom stereocenters. The molecule has 1 aromatic carbocycles. The fraction of sp³-hybridized carbons (Fsp3) is 0.600. The Morgan fingerprint density at radius 2 is 1.80 bits per heavy atom. The van der Waals surface area contributed by atoms with Crippen LogP contribution in [0.5, 0.6) is 11.5 Å². The van der Waals surface area contributed by atoms with Gasteiger partial charge in [0.25, 0.3) is 0 Å². The Bertz CT molecular complexity index is 553. The topological polar surface area (TPSA) is 61.8 Å². The maximum atomic E-state index is 12.3. The first-order valence-electron chi connectivity index (χ1n) is 8.90. The Kier molecular flexibility index (Phi) is 9.66. The van der Waals surface area contributed by atoms with Crippen LogP contribution in [0.25, 0.3) is 0 Å². The smallest absolute Gasteiger partial charge is 0.302 e. The minimum Gasteiger partial charge on any atom is -0.493 e. The van der Waals surface area contributed by atoms with Crippen molar-refractivity contribution in [2.24, 2.45) is 0 Å². The maximum absolute atomic E-state index is 12.3. The van der Waals surface area contributed by atoms with Crippen LogP contribution in [0.4, 0.5) is 0 Å². The van der Waals surface area contributed by atoms with Gasteiger partial charge in [0.05, 0.1) is 14.2 Å². The second kappa shape index (κ2) is 11.5. The molecular weight excluding hydrogens is 320 g/mol. The van der Waals surface area contributed by atoms with Crippen molar-refractivity contribution >= 4 is 11.8 Å². The minimum absolute atomic E-state index is 0.109. The van der Waals surface area contributed by atoms with Gasteiger partial charge >= 0.3 is 5.97 Å². The first-order valence-corrected chi connectivity index (χ1v) is 8.90. The van der Waals surface area contributed by atoms with Gasteiger partial charge in [-0.1, -0.05) is 25.8 Å². The van der Waals surface area contributed by atoms with E-state index in [9.17, 15) is 9.59 Å². The van der Waals surface area contributed by atoms with Crippen LogP contribution in [-0.4, -0.2) is 32.1 Å². The molecule has 0 aliphatic carbocycles. The number of Topliss-reactive ketones (excluding diaryl/α,β-unsaturated/α-hetero) is 1. The number of methoxy groups -OCH3 is 2. The normalized spacial score (nSPS) is 11.7. The Balaban J connectivity index is 2.54. The zero-order chi connectivity index (χ0) is 18.7. The Labute approximate surface area is 150 Å². The van der Waals surface area contributed by atoms with Crippen molar-refractivity contribution in [1.82, 2.24) is 0 Å². The third kappa shape index (κ3) is 8.05. The van der Waals surface area contributed by atoms with Gasteiger partial charge in [-0.15, -0.1) is 0 Å². The van der Waals surface area contributed by atoms with Crippen molar-refractivity contribution in [1.29, 1.82) is 0 Å². The molecule has 0 spiro atoms. The number of unbranched alkanes of at least 4 members (excludes halogenated alkanes) is 2. The zero-order valence-electron chi connectivity index (χ0n) is 15.8. The Hall–Kier alpha value is -2.04. The van der Waals surface area contributed by atoms with Crippen molar-refractivity contribution in [2.75, 3.05) is 14.2 Å². The number of aryl methyl sites for hydroxylation is 1. The summed E-state index contributed by atoms with van der Waals surface area (Å²) in [5.41, 5.74) is 1.01. The van der Waals surface area contributed by atoms with Gasteiger partial charge in [-0.3, -0.25) is 9.59 Å². The highest BCUT2D eigenvalue weighted by molar-refractivity contribution is 5.79. The standard InChI is InChI=1S/C20H30O5/c1-5-6-7-8-18(25-15(2)21)14-17(22)11-9-16-10-12-19(23-3)20(13-16)24-4/h10,12-13,18H,5-9,11,14H2,1-4H3/t18-/m0/s1. The van der Waals surface area contributed by atoms with E-state index in [1.165, 1.54) is 6.92 Å². The summed E-state index contributed by atoms with van der Waals surface area (Å²) in [6.45, 7) is 3.51. The van der Waals surface area contributed by atoms with E-state index in [-0.39, 0.29) is 24.3 Å². The number of ether oxygens (including phenoxy) is 3. The number of hydrogen-bond acceptors (Lipinski definition) is 5. The molecule has 0 bridgehead atoms. The van der Waals surface area contributed by atoms with E-state index >= 15 is 0 Å². The Morgan fingerprint density at radius 1 is 1.08 bits per heavy atom. The molecule has 0 saturated heterocycles. The van der Waals surface area contributed by atoms with Crippen molar-refractivity contribution in [2.45, 2.75) is 64.9 Å². The third-order valence-corrected chi connectivity index (χ3v) is 4.06. The molecule has 5 heteroatoms. The molecule has 0 N–H and O–H groups in total. The van der Waals surface area contributed by atoms with Crippen LogP contribution < -0.4 is 9.47 Å². The second-order valence-corrected chi connectivity index (χ2v) is 6.16. The SMILES string of the molecule is CCCCC[C@@H](CC(=O)CCc1ccc(OC)c(OC)c1)OC(C)=O. The van der Waals surface area contributed by atoms with Crippen molar-refractivity contribution in [3.8, 4) is 11.5 Å². The van der Waals surface area contributed by atoms with Crippen LogP contribution in [-0.2, 0) is 20.7 Å². The van der Waals surface area contributed by atoms with E-state index in [1.54, 1.807) is 14.2 Å². The van der Waals surface area contributed by atoms with E-state index in [1.807, 2.05) is 18.2 Å². The van der Waals surface area contributed by atoms with Gasteiger partial charge in [-0.2, -0.15) is 0 Å². The predicted molar refractivity (Wildman–Crippen MR) is 97.2 cm³/mol. The molecule has 0 aromatic heterocycles. The van der Waals surface area contributed by atoms with Crippen LogP contribution in [0, 0.1) is 0 Å². The summed E-state index contributed by atoms with van der Waals surface area (Å²) in [5.74, 6) is 1.11. The van der Waals surface area contributed by atoms with Crippen LogP contribution in [0.1, 0.15) is 57.9 Å². The number of hydrogen-bond donors (Lipinski definition) is 0. The monoisotopic (exact) mass is 350 g/mol. The summed E-state index contributed by atoms with van der Waals surface area (Å²) in [4.78, 5) is 23.5. The van der Waals surface area contributed by atoms with Gasteiger partial charge in [-0.25, -0.2) is 0 Å². The van der Waals surface area contributed by atoms with Gasteiger partial charge < -0.3 is 14.2 Å². The number of esters is 1. The first kappa shape index (κ1) is 21.0. The predicted octanol–water partition coefficient (Wildman–Crippen LogP) is 4.11. The minimum atomic E-state index is -0.325. The van der Waals surface area contributed by atoms with Crippen molar-refractivity contribution in [3.05, 3.63) is 23.8 Å². The summed E-state index contributed by atoms with van der Waals surface area (Å²) < 4.78 is 15.8. The summed E-state index contributed by atoms with van der Waals surface area (Å²) >= 11 is 0. The molecular formula is C20H30O5. The largest absolute Gasteiger partial charge is 0.493 e. The molecule has 140 valence electrons. The lowest BCUT2D eigenvalue weighted by Crippen LogP contribution is -2.20. The summed E-state index contributed by atoms with van der Waals surface area (Å²) in [6, 6.07) is 5.65. The van der Waals surface area contributed by atoms with Crippen LogP contribution in [0.15, 0.2) is 18.2 Å². The van der Waals surface area contributed by atoms with Gasteiger partial charge in [0.1, 0.15) is 11.9 Å². The quantitative estimate of drug-likeness (QED) is 0.419. The number of ketones is 1. The third-order valence-electron chi connectivity index (χ3n) is 4.06. The summed E-state index contributed by atoms with van der Waals surface area (Å²) in [7, 11) is 3.18. The number of carbonyl (C=O) groups excluding carboxylic acids is 2. The summed E-state index contributed by atoms with van der Waals surface area (Å²) in [5, 5.41) is 0. The lowest BCUT2D eigenvalue weighted by molar-refractivity contribution is -0.148. The van der Waals surface area contributed by atoms with E-state index in [2.05, 4.69) is 6.92 Å². The number of carbonyl (C=O) groups is 2. The average Bonchev–Trinajstić information content (AvgIpc) is 2.59.